The molecule has 1 aromatic carbocycles. The van der Waals surface area contributed by atoms with E-state index in [2.05, 4.69) is 10.5 Å². The zero-order valence-electron chi connectivity index (χ0n) is 10.4. The lowest BCUT2D eigenvalue weighted by molar-refractivity contribution is -0.122. The molecule has 0 spiro atoms. The average molecular weight is 262 g/mol. The van der Waals surface area contributed by atoms with Crippen LogP contribution in [0.1, 0.15) is 25.0 Å². The minimum atomic E-state index is -0.788. The van der Waals surface area contributed by atoms with E-state index in [9.17, 15) is 9.90 Å². The highest BCUT2D eigenvalue weighted by Crippen LogP contribution is 2.36. The van der Waals surface area contributed by atoms with Gasteiger partial charge < -0.3 is 14.6 Å². The first-order chi connectivity index (χ1) is 9.15. The van der Waals surface area contributed by atoms with Crippen molar-refractivity contribution in [3.05, 3.63) is 23.8 Å². The van der Waals surface area contributed by atoms with Gasteiger partial charge in [-0.15, -0.1) is 0 Å². The lowest BCUT2D eigenvalue weighted by atomic mass is 9.88. The van der Waals surface area contributed by atoms with Crippen LogP contribution in [0.3, 0.4) is 0 Å². The first-order valence-electron chi connectivity index (χ1n) is 6.06. The molecule has 0 aromatic heterocycles. The summed E-state index contributed by atoms with van der Waals surface area (Å²) in [5.74, 6) is 0.790. The second kappa shape index (κ2) is 4.55. The Hall–Kier alpha value is -2.08. The summed E-state index contributed by atoms with van der Waals surface area (Å²) in [5, 5.41) is 14.3. The molecule has 6 heteroatoms. The Kier molecular flexibility index (Phi) is 2.87. The highest BCUT2D eigenvalue weighted by molar-refractivity contribution is 5.93. The molecule has 19 heavy (non-hydrogen) atoms. The Labute approximate surface area is 110 Å². The maximum Gasteiger partial charge on any atom is 0.240 e. The molecular formula is C13H14N2O4. The third-order valence-electron chi connectivity index (χ3n) is 3.42. The van der Waals surface area contributed by atoms with E-state index in [4.69, 9.17) is 9.47 Å². The average Bonchev–Trinajstić information content (AvgIpc) is 2.88. The number of nitrogens with one attached hydrogen (secondary N) is 1. The molecule has 0 fully saturated rings. The second-order valence-corrected chi connectivity index (χ2v) is 4.66. The van der Waals surface area contributed by atoms with Crippen LogP contribution in [0.15, 0.2) is 23.3 Å². The van der Waals surface area contributed by atoms with Gasteiger partial charge in [0, 0.05) is 18.1 Å². The van der Waals surface area contributed by atoms with Gasteiger partial charge in [-0.2, -0.15) is 5.10 Å². The van der Waals surface area contributed by atoms with Crippen LogP contribution in [0.25, 0.3) is 0 Å². The molecule has 0 unspecified atom stereocenters. The van der Waals surface area contributed by atoms with E-state index in [1.807, 2.05) is 0 Å². The summed E-state index contributed by atoms with van der Waals surface area (Å²) in [6, 6.07) is 5.28. The fourth-order valence-electron chi connectivity index (χ4n) is 2.30. The zero-order chi connectivity index (χ0) is 13.4. The fraction of sp³-hybridized carbons (Fsp3) is 0.385. The van der Waals surface area contributed by atoms with Crippen LogP contribution in [0.5, 0.6) is 11.5 Å². The molecule has 0 saturated carbocycles. The third kappa shape index (κ3) is 2.15. The van der Waals surface area contributed by atoms with Crippen LogP contribution in [-0.4, -0.2) is 23.5 Å². The first kappa shape index (κ1) is 12.0. The van der Waals surface area contributed by atoms with Crippen molar-refractivity contribution in [1.29, 1.82) is 0 Å². The van der Waals surface area contributed by atoms with Crippen molar-refractivity contribution >= 4 is 11.6 Å². The van der Waals surface area contributed by atoms with E-state index >= 15 is 0 Å². The number of carbonyl (C=O) groups is 1. The number of hydrogen-bond donors (Lipinski definition) is 2. The van der Waals surface area contributed by atoms with Gasteiger partial charge in [0.2, 0.25) is 12.7 Å². The number of nitrogens with zero attached hydrogens (tertiary/aromatic N) is 1. The van der Waals surface area contributed by atoms with Crippen molar-refractivity contribution < 1.29 is 19.4 Å². The summed E-state index contributed by atoms with van der Waals surface area (Å²) < 4.78 is 10.5. The maximum absolute atomic E-state index is 11.4. The summed E-state index contributed by atoms with van der Waals surface area (Å²) in [7, 11) is 0. The Morgan fingerprint density at radius 2 is 2.21 bits per heavy atom. The zero-order valence-corrected chi connectivity index (χ0v) is 10.4. The van der Waals surface area contributed by atoms with E-state index in [1.54, 1.807) is 25.1 Å². The van der Waals surface area contributed by atoms with Crippen molar-refractivity contribution in [1.82, 2.24) is 5.43 Å². The maximum atomic E-state index is 11.4. The molecule has 6 nitrogen and oxygen atoms in total. The highest BCUT2D eigenvalue weighted by atomic mass is 16.7. The molecule has 1 amide bonds. The van der Waals surface area contributed by atoms with Crippen LogP contribution >= 0.6 is 0 Å². The predicted octanol–water partition coefficient (Wildman–Crippen LogP) is 0.961. The standard InChI is InChI=1S/C13H14N2O4/c1-7-9(5-12(16)15-14-7)13(17)8-2-3-10-11(4-8)19-6-18-10/h2-4,9,13,17H,5-6H2,1H3,(H,15,16)/t9-,13-/m1/s1. The number of carbonyl (C=O) groups excluding carboxylic acids is 1. The molecule has 1 aromatic rings. The molecule has 2 aliphatic heterocycles. The number of hydrazone groups is 1. The summed E-state index contributed by atoms with van der Waals surface area (Å²) in [6.07, 6.45) is -0.561. The summed E-state index contributed by atoms with van der Waals surface area (Å²) in [6.45, 7) is 1.99. The lowest BCUT2D eigenvalue weighted by Crippen LogP contribution is -2.34. The molecule has 100 valence electrons. The normalized spacial score (nSPS) is 22.7. The second-order valence-electron chi connectivity index (χ2n) is 4.66. The van der Waals surface area contributed by atoms with Gasteiger partial charge in [-0.3, -0.25) is 4.79 Å². The quantitative estimate of drug-likeness (QED) is 0.832. The molecule has 2 heterocycles. The molecule has 0 bridgehead atoms. The largest absolute Gasteiger partial charge is 0.454 e. The van der Waals surface area contributed by atoms with Crippen LogP contribution in [-0.2, 0) is 4.79 Å². The van der Waals surface area contributed by atoms with Gasteiger partial charge in [-0.05, 0) is 24.6 Å². The summed E-state index contributed by atoms with van der Waals surface area (Å²) >= 11 is 0. The molecule has 3 rings (SSSR count). The Balaban J connectivity index is 1.87. The van der Waals surface area contributed by atoms with Gasteiger partial charge in [-0.1, -0.05) is 6.07 Å². The number of hydrogen-bond acceptors (Lipinski definition) is 5. The van der Waals surface area contributed by atoms with Gasteiger partial charge in [0.25, 0.3) is 0 Å². The number of ether oxygens (including phenoxy) is 2. The van der Waals surface area contributed by atoms with Gasteiger partial charge >= 0.3 is 0 Å². The fourth-order valence-corrected chi connectivity index (χ4v) is 2.30. The van der Waals surface area contributed by atoms with Crippen molar-refractivity contribution in [3.8, 4) is 11.5 Å². The van der Waals surface area contributed by atoms with Crippen LogP contribution in [0.4, 0.5) is 0 Å². The van der Waals surface area contributed by atoms with E-state index < -0.39 is 6.10 Å². The van der Waals surface area contributed by atoms with Crippen molar-refractivity contribution in [3.63, 3.8) is 0 Å². The molecule has 0 aliphatic carbocycles. The minimum absolute atomic E-state index is 0.185. The van der Waals surface area contributed by atoms with E-state index in [-0.39, 0.29) is 25.0 Å². The minimum Gasteiger partial charge on any atom is -0.454 e. The molecule has 2 N–H and O–H groups in total. The number of amides is 1. The molecule has 0 saturated heterocycles. The van der Waals surface area contributed by atoms with E-state index in [0.717, 1.165) is 0 Å². The number of aliphatic hydroxyl groups is 1. The van der Waals surface area contributed by atoms with E-state index in [0.29, 0.717) is 22.8 Å². The Morgan fingerprint density at radius 3 is 3.05 bits per heavy atom. The monoisotopic (exact) mass is 262 g/mol. The number of benzene rings is 1. The number of aliphatic hydroxyl groups excluding tert-OH is 1. The summed E-state index contributed by atoms with van der Waals surface area (Å²) in [4.78, 5) is 11.4. The third-order valence-corrected chi connectivity index (χ3v) is 3.42. The molecule has 2 atom stereocenters. The van der Waals surface area contributed by atoms with Crippen molar-refractivity contribution in [2.24, 2.45) is 11.0 Å². The van der Waals surface area contributed by atoms with Crippen LogP contribution in [0.2, 0.25) is 0 Å². The van der Waals surface area contributed by atoms with Gasteiger partial charge in [0.15, 0.2) is 11.5 Å². The number of fused-ring (bicyclic) bond motifs is 1. The van der Waals surface area contributed by atoms with Gasteiger partial charge in [0.1, 0.15) is 0 Å². The predicted molar refractivity (Wildman–Crippen MR) is 66.9 cm³/mol. The Bertz CT molecular complexity index is 556. The summed E-state index contributed by atoms with van der Waals surface area (Å²) in [5.41, 5.74) is 3.81. The van der Waals surface area contributed by atoms with Crippen molar-refractivity contribution in [2.45, 2.75) is 19.4 Å². The lowest BCUT2D eigenvalue weighted by Gasteiger charge is -2.25. The van der Waals surface area contributed by atoms with Crippen LogP contribution in [0, 0.1) is 5.92 Å². The smallest absolute Gasteiger partial charge is 0.240 e. The van der Waals surface area contributed by atoms with Crippen LogP contribution < -0.4 is 14.9 Å². The first-order valence-corrected chi connectivity index (χ1v) is 6.06. The molecule has 2 aliphatic rings. The van der Waals surface area contributed by atoms with Gasteiger partial charge in [0.05, 0.1) is 6.10 Å². The molecular weight excluding hydrogens is 248 g/mol. The van der Waals surface area contributed by atoms with E-state index in [1.165, 1.54) is 0 Å². The van der Waals surface area contributed by atoms with Gasteiger partial charge in [-0.25, -0.2) is 5.43 Å². The molecule has 0 radical (unpaired) electrons. The topological polar surface area (TPSA) is 80.2 Å². The highest BCUT2D eigenvalue weighted by Gasteiger charge is 2.30. The SMILES string of the molecule is CC1=NNC(=O)C[C@H]1[C@H](O)c1ccc2c(c1)OCO2. The van der Waals surface area contributed by atoms with Crippen molar-refractivity contribution in [2.75, 3.05) is 6.79 Å². The Morgan fingerprint density at radius 1 is 1.42 bits per heavy atom. The number of rotatable bonds is 2.